The summed E-state index contributed by atoms with van der Waals surface area (Å²) in [6, 6.07) is 26.8. The van der Waals surface area contributed by atoms with Crippen LogP contribution in [0.15, 0.2) is 84.0 Å². The number of nitrogens with zero attached hydrogens (tertiary/aromatic N) is 3. The second-order valence-corrected chi connectivity index (χ2v) is 6.16. The summed E-state index contributed by atoms with van der Waals surface area (Å²) in [6.07, 6.45) is 1.93. The molecule has 126 valence electrons. The van der Waals surface area contributed by atoms with E-state index in [0.29, 0.717) is 0 Å². The average molecular weight is 329 g/mol. The summed E-state index contributed by atoms with van der Waals surface area (Å²) in [6.45, 7) is 2.11. The fraction of sp³-hybridized carbons (Fsp3) is 0.136. The topological polar surface area (TPSA) is 18.8 Å². The maximum Gasteiger partial charge on any atom is 0.0652 e. The van der Waals surface area contributed by atoms with Crippen molar-refractivity contribution in [3.63, 3.8) is 0 Å². The Bertz CT molecular complexity index is 800. The minimum absolute atomic E-state index is 1.03. The summed E-state index contributed by atoms with van der Waals surface area (Å²) in [5.74, 6) is 0. The lowest BCUT2D eigenvalue weighted by Gasteiger charge is -2.19. The Morgan fingerprint density at radius 3 is 1.76 bits per heavy atom. The van der Waals surface area contributed by atoms with Gasteiger partial charge in [0.25, 0.3) is 0 Å². The van der Waals surface area contributed by atoms with E-state index in [2.05, 4.69) is 68.4 Å². The zero-order chi connectivity index (χ0) is 17.6. The van der Waals surface area contributed by atoms with Crippen molar-refractivity contribution < 1.29 is 0 Å². The van der Waals surface area contributed by atoms with E-state index in [1.807, 2.05) is 47.6 Å². The Morgan fingerprint density at radius 1 is 0.720 bits per heavy atom. The van der Waals surface area contributed by atoms with Crippen molar-refractivity contribution in [1.29, 1.82) is 0 Å². The predicted octanol–water partition coefficient (Wildman–Crippen LogP) is 5.23. The first-order valence-electron chi connectivity index (χ1n) is 8.37. The van der Waals surface area contributed by atoms with Gasteiger partial charge in [-0.25, -0.2) is 5.01 Å². The van der Waals surface area contributed by atoms with Crippen LogP contribution < -0.4 is 9.91 Å². The first-order valence-corrected chi connectivity index (χ1v) is 8.37. The van der Waals surface area contributed by atoms with E-state index in [9.17, 15) is 0 Å². The van der Waals surface area contributed by atoms with Crippen molar-refractivity contribution in [2.45, 2.75) is 6.92 Å². The van der Waals surface area contributed by atoms with Crippen LogP contribution in [-0.2, 0) is 0 Å². The molecule has 3 heteroatoms. The van der Waals surface area contributed by atoms with E-state index in [0.717, 1.165) is 16.9 Å². The Labute approximate surface area is 149 Å². The number of hydrogen-bond donors (Lipinski definition) is 0. The van der Waals surface area contributed by atoms with Gasteiger partial charge in [0.05, 0.1) is 17.6 Å². The van der Waals surface area contributed by atoms with Gasteiger partial charge >= 0.3 is 0 Å². The van der Waals surface area contributed by atoms with E-state index >= 15 is 0 Å². The highest BCUT2D eigenvalue weighted by Crippen LogP contribution is 2.25. The molecule has 0 fully saturated rings. The summed E-state index contributed by atoms with van der Waals surface area (Å²) in [5.41, 5.74) is 5.58. The van der Waals surface area contributed by atoms with Crippen molar-refractivity contribution in [3.8, 4) is 0 Å². The zero-order valence-electron chi connectivity index (χ0n) is 14.9. The predicted molar refractivity (Wildman–Crippen MR) is 108 cm³/mol. The summed E-state index contributed by atoms with van der Waals surface area (Å²) < 4.78 is 0. The van der Waals surface area contributed by atoms with Gasteiger partial charge in [0, 0.05) is 19.8 Å². The average Bonchev–Trinajstić information content (AvgIpc) is 2.64. The molecule has 0 saturated heterocycles. The van der Waals surface area contributed by atoms with Crippen LogP contribution in [0.3, 0.4) is 0 Å². The molecule has 0 amide bonds. The second-order valence-electron chi connectivity index (χ2n) is 6.16. The van der Waals surface area contributed by atoms with Crippen molar-refractivity contribution in [1.82, 2.24) is 0 Å². The number of hydrogen-bond acceptors (Lipinski definition) is 3. The third kappa shape index (κ3) is 4.07. The van der Waals surface area contributed by atoms with Gasteiger partial charge in [0.15, 0.2) is 0 Å². The molecule has 0 heterocycles. The van der Waals surface area contributed by atoms with Crippen LogP contribution in [-0.4, -0.2) is 20.3 Å². The smallest absolute Gasteiger partial charge is 0.0652 e. The molecule has 0 N–H and O–H groups in total. The van der Waals surface area contributed by atoms with Gasteiger partial charge in [0.1, 0.15) is 0 Å². The molecule has 0 unspecified atom stereocenters. The van der Waals surface area contributed by atoms with Crippen LogP contribution in [0.2, 0.25) is 0 Å². The fourth-order valence-electron chi connectivity index (χ4n) is 2.62. The minimum atomic E-state index is 1.03. The van der Waals surface area contributed by atoms with Crippen molar-refractivity contribution >= 4 is 23.3 Å². The maximum atomic E-state index is 4.76. The number of aryl methyl sites for hydroxylation is 1. The molecule has 0 aliphatic heterocycles. The summed E-state index contributed by atoms with van der Waals surface area (Å²) >= 11 is 0. The molecule has 0 aliphatic carbocycles. The van der Waals surface area contributed by atoms with Crippen LogP contribution in [0.5, 0.6) is 0 Å². The van der Waals surface area contributed by atoms with E-state index in [-0.39, 0.29) is 0 Å². The monoisotopic (exact) mass is 329 g/mol. The summed E-state index contributed by atoms with van der Waals surface area (Å²) in [5, 5.41) is 6.72. The molecular formula is C22H23N3. The molecule has 3 aromatic rings. The molecule has 0 bridgehead atoms. The van der Waals surface area contributed by atoms with Crippen LogP contribution in [0.1, 0.15) is 11.1 Å². The van der Waals surface area contributed by atoms with Gasteiger partial charge in [-0.15, -0.1) is 0 Å². The van der Waals surface area contributed by atoms with E-state index in [1.54, 1.807) is 0 Å². The van der Waals surface area contributed by atoms with Crippen molar-refractivity contribution in [2.75, 3.05) is 24.0 Å². The lowest BCUT2D eigenvalue weighted by atomic mass is 10.1. The fourth-order valence-corrected chi connectivity index (χ4v) is 2.62. The third-order valence-corrected chi connectivity index (χ3v) is 4.08. The highest BCUT2D eigenvalue weighted by molar-refractivity contribution is 5.84. The molecule has 0 spiro atoms. The molecule has 25 heavy (non-hydrogen) atoms. The van der Waals surface area contributed by atoms with E-state index < -0.39 is 0 Å². The van der Waals surface area contributed by atoms with Gasteiger partial charge in [-0.2, -0.15) is 5.10 Å². The van der Waals surface area contributed by atoms with Crippen LogP contribution in [0.4, 0.5) is 17.1 Å². The quantitative estimate of drug-likeness (QED) is 0.471. The normalized spacial score (nSPS) is 10.8. The first kappa shape index (κ1) is 16.8. The van der Waals surface area contributed by atoms with Crippen LogP contribution in [0, 0.1) is 6.92 Å². The highest BCUT2D eigenvalue weighted by atomic mass is 15.5. The molecule has 0 radical (unpaired) electrons. The number of rotatable bonds is 5. The largest absolute Gasteiger partial charge is 0.378 e. The number of benzene rings is 3. The lowest BCUT2D eigenvalue weighted by molar-refractivity contribution is 1.09. The molecule has 3 aromatic carbocycles. The molecule has 0 atom stereocenters. The third-order valence-electron chi connectivity index (χ3n) is 4.08. The SMILES string of the molecule is Cc1cc(N(C)C)ccc1C=NN(c1ccccc1)c1ccccc1. The Balaban J connectivity index is 1.94. The van der Waals surface area contributed by atoms with Gasteiger partial charge < -0.3 is 4.90 Å². The molecule has 0 aliphatic rings. The molecule has 0 saturated carbocycles. The number of anilines is 3. The minimum Gasteiger partial charge on any atom is -0.378 e. The molecule has 3 nitrogen and oxygen atoms in total. The maximum absolute atomic E-state index is 4.76. The highest BCUT2D eigenvalue weighted by Gasteiger charge is 2.07. The second kappa shape index (κ2) is 7.67. The lowest BCUT2D eigenvalue weighted by Crippen LogP contribution is -2.10. The number of hydrazone groups is 1. The standard InChI is InChI=1S/C22H23N3/c1-18-16-22(24(2)3)15-14-19(18)17-23-25(20-10-6-4-7-11-20)21-12-8-5-9-13-21/h4-17H,1-3H3. The van der Waals surface area contributed by atoms with Crippen molar-refractivity contribution in [3.05, 3.63) is 90.0 Å². The molecule has 3 rings (SSSR count). The molecule has 0 aromatic heterocycles. The van der Waals surface area contributed by atoms with Crippen LogP contribution >= 0.6 is 0 Å². The van der Waals surface area contributed by atoms with E-state index in [1.165, 1.54) is 11.3 Å². The number of para-hydroxylation sites is 2. The van der Waals surface area contributed by atoms with Gasteiger partial charge in [-0.1, -0.05) is 42.5 Å². The summed E-state index contributed by atoms with van der Waals surface area (Å²) in [7, 11) is 4.10. The Hall–Kier alpha value is -3.07. The van der Waals surface area contributed by atoms with Gasteiger partial charge in [-0.3, -0.25) is 0 Å². The first-order chi connectivity index (χ1) is 12.1. The van der Waals surface area contributed by atoms with Crippen LogP contribution in [0.25, 0.3) is 0 Å². The van der Waals surface area contributed by atoms with E-state index in [4.69, 9.17) is 5.10 Å². The zero-order valence-corrected chi connectivity index (χ0v) is 14.9. The Morgan fingerprint density at radius 2 is 1.28 bits per heavy atom. The molecular weight excluding hydrogens is 306 g/mol. The Kier molecular flexibility index (Phi) is 5.14. The van der Waals surface area contributed by atoms with Gasteiger partial charge in [0.2, 0.25) is 0 Å². The van der Waals surface area contributed by atoms with Gasteiger partial charge in [-0.05, 0) is 54.4 Å². The summed E-state index contributed by atoms with van der Waals surface area (Å²) in [4.78, 5) is 2.11. The van der Waals surface area contributed by atoms with Crippen molar-refractivity contribution in [2.24, 2.45) is 5.10 Å².